The van der Waals surface area contributed by atoms with Crippen molar-refractivity contribution in [3.8, 4) is 5.75 Å². The van der Waals surface area contributed by atoms with Crippen molar-refractivity contribution in [2.45, 2.75) is 24.8 Å². The van der Waals surface area contributed by atoms with Crippen molar-refractivity contribution in [1.29, 1.82) is 0 Å². The van der Waals surface area contributed by atoms with Gasteiger partial charge in [0.1, 0.15) is 11.6 Å². The van der Waals surface area contributed by atoms with Crippen molar-refractivity contribution in [3.63, 3.8) is 0 Å². The highest BCUT2D eigenvalue weighted by Gasteiger charge is 2.30. The molecule has 1 saturated carbocycles. The summed E-state index contributed by atoms with van der Waals surface area (Å²) >= 11 is 3.45. The number of halogens is 2. The molecule has 0 aliphatic heterocycles. The molecule has 110 valence electrons. The Morgan fingerprint density at radius 2 is 1.86 bits per heavy atom. The van der Waals surface area contributed by atoms with E-state index in [9.17, 15) is 4.39 Å². The van der Waals surface area contributed by atoms with Crippen LogP contribution in [0.4, 0.5) is 10.1 Å². The van der Waals surface area contributed by atoms with Crippen molar-refractivity contribution >= 4 is 21.6 Å². The summed E-state index contributed by atoms with van der Waals surface area (Å²) in [5, 5.41) is 3.40. The van der Waals surface area contributed by atoms with Crippen molar-refractivity contribution in [2.24, 2.45) is 0 Å². The molecule has 4 heteroatoms. The number of ether oxygens (including phenoxy) is 1. The highest BCUT2D eigenvalue weighted by atomic mass is 79.9. The van der Waals surface area contributed by atoms with E-state index in [2.05, 4.69) is 33.4 Å². The molecule has 0 amide bonds. The predicted molar refractivity (Wildman–Crippen MR) is 86.5 cm³/mol. The van der Waals surface area contributed by atoms with Crippen LogP contribution in [-0.2, 0) is 0 Å². The lowest BCUT2D eigenvalue weighted by atomic mass is 9.76. The van der Waals surface area contributed by atoms with Gasteiger partial charge in [-0.15, -0.1) is 0 Å². The van der Waals surface area contributed by atoms with E-state index in [-0.39, 0.29) is 5.82 Å². The molecule has 3 rings (SSSR count). The van der Waals surface area contributed by atoms with Gasteiger partial charge >= 0.3 is 0 Å². The van der Waals surface area contributed by atoms with E-state index in [1.165, 1.54) is 17.7 Å². The fourth-order valence-corrected chi connectivity index (χ4v) is 3.07. The Morgan fingerprint density at radius 1 is 1.14 bits per heavy atom. The number of anilines is 1. The normalized spacial score (nSPS) is 20.7. The Kier molecular flexibility index (Phi) is 4.15. The van der Waals surface area contributed by atoms with Crippen molar-refractivity contribution < 1.29 is 9.13 Å². The third-order valence-corrected chi connectivity index (χ3v) is 4.70. The SMILES string of the molecule is COc1ccc(C2CC(Nc3cc(F)ccc3Br)C2)cc1. The molecule has 2 nitrogen and oxygen atoms in total. The summed E-state index contributed by atoms with van der Waals surface area (Å²) in [6.07, 6.45) is 2.13. The van der Waals surface area contributed by atoms with E-state index in [0.29, 0.717) is 12.0 Å². The molecule has 0 spiro atoms. The largest absolute Gasteiger partial charge is 0.497 e. The van der Waals surface area contributed by atoms with Crippen molar-refractivity contribution in [3.05, 3.63) is 58.3 Å². The van der Waals surface area contributed by atoms with Gasteiger partial charge in [-0.05, 0) is 70.6 Å². The number of hydrogen-bond acceptors (Lipinski definition) is 2. The topological polar surface area (TPSA) is 21.3 Å². The average Bonchev–Trinajstić information content (AvgIpc) is 2.46. The highest BCUT2D eigenvalue weighted by Crippen LogP contribution is 2.39. The lowest BCUT2D eigenvalue weighted by Gasteiger charge is -2.37. The van der Waals surface area contributed by atoms with Gasteiger partial charge in [0.2, 0.25) is 0 Å². The van der Waals surface area contributed by atoms with Crippen LogP contribution in [0, 0.1) is 5.82 Å². The standard InChI is InChI=1S/C17H17BrFNO/c1-21-15-5-2-11(3-6-15)12-8-14(9-12)20-17-10-13(19)4-7-16(17)18/h2-7,10,12,14,20H,8-9H2,1H3. The second kappa shape index (κ2) is 6.06. The third kappa shape index (κ3) is 3.21. The van der Waals surface area contributed by atoms with Gasteiger partial charge in [-0.1, -0.05) is 12.1 Å². The van der Waals surface area contributed by atoms with Crippen LogP contribution < -0.4 is 10.1 Å². The molecule has 0 saturated heterocycles. The fourth-order valence-electron chi connectivity index (χ4n) is 2.71. The molecule has 1 aliphatic rings. The maximum atomic E-state index is 13.3. The molecular formula is C17H17BrFNO. The number of methoxy groups -OCH3 is 1. The molecule has 0 atom stereocenters. The minimum atomic E-state index is -0.216. The van der Waals surface area contributed by atoms with E-state index in [0.717, 1.165) is 28.8 Å². The zero-order valence-corrected chi connectivity index (χ0v) is 13.4. The van der Waals surface area contributed by atoms with E-state index in [1.54, 1.807) is 13.2 Å². The zero-order chi connectivity index (χ0) is 14.8. The number of nitrogens with one attached hydrogen (secondary N) is 1. The molecule has 0 radical (unpaired) electrons. The molecule has 2 aromatic rings. The van der Waals surface area contributed by atoms with Crippen LogP contribution in [0.25, 0.3) is 0 Å². The summed E-state index contributed by atoms with van der Waals surface area (Å²) in [4.78, 5) is 0. The lowest BCUT2D eigenvalue weighted by Crippen LogP contribution is -2.34. The van der Waals surface area contributed by atoms with Gasteiger partial charge in [0.25, 0.3) is 0 Å². The number of rotatable bonds is 4. The Morgan fingerprint density at radius 3 is 2.52 bits per heavy atom. The maximum Gasteiger partial charge on any atom is 0.125 e. The molecule has 0 unspecified atom stereocenters. The van der Waals surface area contributed by atoms with Gasteiger partial charge in [0, 0.05) is 10.5 Å². The van der Waals surface area contributed by atoms with Gasteiger partial charge < -0.3 is 10.1 Å². The third-order valence-electron chi connectivity index (χ3n) is 4.01. The van der Waals surface area contributed by atoms with E-state index in [1.807, 2.05) is 12.1 Å². The molecule has 0 aromatic heterocycles. The van der Waals surface area contributed by atoms with Crippen LogP contribution in [0.1, 0.15) is 24.3 Å². The lowest BCUT2D eigenvalue weighted by molar-refractivity contribution is 0.373. The van der Waals surface area contributed by atoms with Crippen LogP contribution in [0.5, 0.6) is 5.75 Å². The first-order valence-corrected chi connectivity index (χ1v) is 7.80. The molecule has 1 aliphatic carbocycles. The van der Waals surface area contributed by atoms with Crippen LogP contribution in [-0.4, -0.2) is 13.2 Å². The second-order valence-corrected chi connectivity index (χ2v) is 6.26. The molecule has 1 N–H and O–H groups in total. The number of benzene rings is 2. The van der Waals surface area contributed by atoms with E-state index in [4.69, 9.17) is 4.74 Å². The van der Waals surface area contributed by atoms with Gasteiger partial charge in [-0.25, -0.2) is 4.39 Å². The van der Waals surface area contributed by atoms with Crippen molar-refractivity contribution in [2.75, 3.05) is 12.4 Å². The first-order valence-electron chi connectivity index (χ1n) is 7.01. The average molecular weight is 350 g/mol. The summed E-state index contributed by atoms with van der Waals surface area (Å²) in [6, 6.07) is 13.4. The summed E-state index contributed by atoms with van der Waals surface area (Å²) < 4.78 is 19.3. The first-order chi connectivity index (χ1) is 10.2. The minimum absolute atomic E-state index is 0.216. The Bertz CT molecular complexity index is 623. The quantitative estimate of drug-likeness (QED) is 0.842. The summed E-state index contributed by atoms with van der Waals surface area (Å²) in [7, 11) is 1.68. The number of hydrogen-bond donors (Lipinski definition) is 1. The van der Waals surface area contributed by atoms with Crippen LogP contribution in [0.15, 0.2) is 46.9 Å². The summed E-state index contributed by atoms with van der Waals surface area (Å²) in [5.74, 6) is 1.24. The fraction of sp³-hybridized carbons (Fsp3) is 0.294. The van der Waals surface area contributed by atoms with Crippen LogP contribution in [0.3, 0.4) is 0 Å². The maximum absolute atomic E-state index is 13.3. The first kappa shape index (κ1) is 14.4. The summed E-state index contributed by atoms with van der Waals surface area (Å²) in [5.41, 5.74) is 2.17. The molecule has 2 aromatic carbocycles. The Hall–Kier alpha value is -1.55. The zero-order valence-electron chi connectivity index (χ0n) is 11.8. The molecule has 0 bridgehead atoms. The molecule has 0 heterocycles. The Labute approximate surface area is 132 Å². The monoisotopic (exact) mass is 349 g/mol. The smallest absolute Gasteiger partial charge is 0.125 e. The molecule has 1 fully saturated rings. The van der Waals surface area contributed by atoms with Crippen LogP contribution in [0.2, 0.25) is 0 Å². The van der Waals surface area contributed by atoms with Gasteiger partial charge in [-0.2, -0.15) is 0 Å². The van der Waals surface area contributed by atoms with Crippen molar-refractivity contribution in [1.82, 2.24) is 0 Å². The highest BCUT2D eigenvalue weighted by molar-refractivity contribution is 9.10. The van der Waals surface area contributed by atoms with Crippen LogP contribution >= 0.6 is 15.9 Å². The Balaban J connectivity index is 1.59. The van der Waals surface area contributed by atoms with E-state index < -0.39 is 0 Å². The second-order valence-electron chi connectivity index (χ2n) is 5.41. The van der Waals surface area contributed by atoms with Gasteiger partial charge in [0.15, 0.2) is 0 Å². The summed E-state index contributed by atoms with van der Waals surface area (Å²) in [6.45, 7) is 0. The van der Waals surface area contributed by atoms with Gasteiger partial charge in [0.05, 0.1) is 12.8 Å². The van der Waals surface area contributed by atoms with E-state index >= 15 is 0 Å². The minimum Gasteiger partial charge on any atom is -0.497 e. The molecular weight excluding hydrogens is 333 g/mol. The molecule has 21 heavy (non-hydrogen) atoms. The predicted octanol–water partition coefficient (Wildman–Crippen LogP) is 4.95. The van der Waals surface area contributed by atoms with Gasteiger partial charge in [-0.3, -0.25) is 0 Å².